The van der Waals surface area contributed by atoms with E-state index < -0.39 is 6.16 Å². The number of hydrogen-bond donors (Lipinski definition) is 2. The molecule has 0 amide bonds. The minimum absolute atomic E-state index is 0. The molecule has 52 valence electrons. The molecule has 0 aromatic rings. The van der Waals surface area contributed by atoms with Crippen molar-refractivity contribution in [2.75, 3.05) is 0 Å². The van der Waals surface area contributed by atoms with Crippen molar-refractivity contribution >= 4 is 63.0 Å². The molecular weight excluding hydrogens is 277 g/mol. The van der Waals surface area contributed by atoms with Gasteiger partial charge in [0.1, 0.15) is 0 Å². The Labute approximate surface area is 92.5 Å². The number of carbonyl (C=O) groups is 1. The fourth-order valence-electron chi connectivity index (χ4n) is 0. The Morgan fingerprint density at radius 2 is 1.38 bits per heavy atom. The van der Waals surface area contributed by atoms with E-state index in [0.29, 0.717) is 0 Å². The van der Waals surface area contributed by atoms with E-state index in [1.807, 2.05) is 0 Å². The van der Waals surface area contributed by atoms with Gasteiger partial charge < -0.3 is 10.2 Å². The summed E-state index contributed by atoms with van der Waals surface area (Å²) in [6.45, 7) is 0. The van der Waals surface area contributed by atoms with Gasteiger partial charge in [0.25, 0.3) is 0 Å². The van der Waals surface area contributed by atoms with Crippen molar-refractivity contribution in [3.05, 3.63) is 0 Å². The van der Waals surface area contributed by atoms with Crippen molar-refractivity contribution < 1.29 is 30.9 Å². The first kappa shape index (κ1) is 16.4. The fraction of sp³-hybridized carbons (Fsp3) is 0. The Balaban J connectivity index is -0.0000000575. The standard InChI is InChI=1S/CH2O3.Ca.2ClH.Pd.2H/c2-1(3)4;;;;;;/h(H2,2,3,4);;2*1H;;;/q;;;;+2;;/p-2. The van der Waals surface area contributed by atoms with Gasteiger partial charge in [-0.3, -0.25) is 0 Å². The summed E-state index contributed by atoms with van der Waals surface area (Å²) in [7, 11) is 9.63. The monoisotopic (exact) mass is 280 g/mol. The summed E-state index contributed by atoms with van der Waals surface area (Å²) in [4.78, 5) is 8.56. The normalized spacial score (nSPS) is 5.75. The van der Waals surface area contributed by atoms with Crippen LogP contribution in [0.1, 0.15) is 0 Å². The van der Waals surface area contributed by atoms with E-state index >= 15 is 0 Å². The van der Waals surface area contributed by atoms with Crippen molar-refractivity contribution in [1.29, 1.82) is 0 Å². The summed E-state index contributed by atoms with van der Waals surface area (Å²) in [5, 5.41) is 13.9. The molecule has 3 nitrogen and oxygen atoms in total. The Hall–Kier alpha value is 1.77. The maximum absolute atomic E-state index is 8.56. The van der Waals surface area contributed by atoms with Crippen LogP contribution in [-0.2, 0) is 15.9 Å². The average Bonchev–Trinajstić information content (AvgIpc) is 1.33. The molecule has 2 N–H and O–H groups in total. The zero-order chi connectivity index (χ0) is 6.28. The van der Waals surface area contributed by atoms with Crippen molar-refractivity contribution in [2.45, 2.75) is 0 Å². The first-order valence-corrected chi connectivity index (χ1v) is 4.89. The molecule has 0 aliphatic heterocycles. The van der Waals surface area contributed by atoms with Crippen LogP contribution in [0.4, 0.5) is 4.79 Å². The molecule has 8 heavy (non-hydrogen) atoms. The molecule has 0 radical (unpaired) electrons. The van der Waals surface area contributed by atoms with Gasteiger partial charge in [-0.15, -0.1) is 0 Å². The van der Waals surface area contributed by atoms with Gasteiger partial charge in [0.15, 0.2) is 0 Å². The molecule has 0 heterocycles. The SMILES string of the molecule is O=C(O)O.[CaH2].[Cl][Pd][Cl]. The molecule has 0 aliphatic carbocycles. The molecular formula is CH4CaCl2O3Pd. The third-order valence-electron chi connectivity index (χ3n) is 0. The van der Waals surface area contributed by atoms with E-state index in [1.165, 1.54) is 0 Å². The Bertz CT molecular complexity index is 48.5. The van der Waals surface area contributed by atoms with E-state index in [9.17, 15) is 0 Å². The number of carboxylic acid groups (broad SMARTS) is 2. The molecule has 0 saturated heterocycles. The topological polar surface area (TPSA) is 57.5 Å². The van der Waals surface area contributed by atoms with Crippen LogP contribution < -0.4 is 0 Å². The summed E-state index contributed by atoms with van der Waals surface area (Å²) in [6.07, 6.45) is -1.83. The van der Waals surface area contributed by atoms with Crippen LogP contribution in [0.25, 0.3) is 0 Å². The van der Waals surface area contributed by atoms with Crippen LogP contribution in [0.2, 0.25) is 0 Å². The second kappa shape index (κ2) is 15.9. The molecule has 0 unspecified atom stereocenters. The first-order valence-electron chi connectivity index (χ1n) is 0.890. The number of rotatable bonds is 0. The summed E-state index contributed by atoms with van der Waals surface area (Å²) < 4.78 is 0. The van der Waals surface area contributed by atoms with E-state index in [4.69, 9.17) is 34.1 Å². The van der Waals surface area contributed by atoms with Crippen LogP contribution in [-0.4, -0.2) is 54.1 Å². The van der Waals surface area contributed by atoms with Crippen molar-refractivity contribution in [3.63, 3.8) is 0 Å². The molecule has 0 aromatic heterocycles. The van der Waals surface area contributed by atoms with E-state index in [1.54, 1.807) is 0 Å². The summed E-state index contributed by atoms with van der Waals surface area (Å²) in [5.74, 6) is 0. The molecule has 0 rings (SSSR count). The average molecular weight is 281 g/mol. The second-order valence-corrected chi connectivity index (χ2v) is 2.69. The van der Waals surface area contributed by atoms with Gasteiger partial charge in [-0.1, -0.05) is 0 Å². The van der Waals surface area contributed by atoms with Gasteiger partial charge >= 0.3 is 78.9 Å². The predicted octanol–water partition coefficient (Wildman–Crippen LogP) is 0.683. The van der Waals surface area contributed by atoms with Crippen LogP contribution >= 0.6 is 19.1 Å². The summed E-state index contributed by atoms with van der Waals surface area (Å²) in [6, 6.07) is 0. The van der Waals surface area contributed by atoms with Crippen LogP contribution in [0.3, 0.4) is 0 Å². The van der Waals surface area contributed by atoms with Gasteiger partial charge in [-0.25, -0.2) is 4.79 Å². The zero-order valence-electron chi connectivity index (χ0n) is 2.87. The van der Waals surface area contributed by atoms with Gasteiger partial charge in [0.2, 0.25) is 0 Å². The minimum atomic E-state index is -1.83. The van der Waals surface area contributed by atoms with Crippen LogP contribution in [0.5, 0.6) is 0 Å². The quantitative estimate of drug-likeness (QED) is 0.642. The Morgan fingerprint density at radius 1 is 1.38 bits per heavy atom. The van der Waals surface area contributed by atoms with Gasteiger partial charge in [0.05, 0.1) is 0 Å². The molecule has 0 spiro atoms. The predicted molar refractivity (Wildman–Crippen MR) is 30.9 cm³/mol. The number of halogens is 2. The van der Waals surface area contributed by atoms with Crippen LogP contribution in [0, 0.1) is 0 Å². The first-order chi connectivity index (χ1) is 3.15. The van der Waals surface area contributed by atoms with Crippen LogP contribution in [0.15, 0.2) is 0 Å². The molecule has 0 saturated carbocycles. The third kappa shape index (κ3) is 114. The summed E-state index contributed by atoms with van der Waals surface area (Å²) in [5.41, 5.74) is 0. The van der Waals surface area contributed by atoms with Crippen molar-refractivity contribution in [1.82, 2.24) is 0 Å². The maximum atomic E-state index is 8.56. The van der Waals surface area contributed by atoms with E-state index in [0.717, 1.165) is 0 Å². The Kier molecular flexibility index (Phi) is 32.6. The van der Waals surface area contributed by atoms with Gasteiger partial charge in [-0.2, -0.15) is 0 Å². The second-order valence-electron chi connectivity index (χ2n) is 0.328. The van der Waals surface area contributed by atoms with Crippen molar-refractivity contribution in [3.8, 4) is 0 Å². The Morgan fingerprint density at radius 3 is 1.38 bits per heavy atom. The molecule has 0 bridgehead atoms. The number of hydrogen-bond acceptors (Lipinski definition) is 1. The molecule has 0 aromatic carbocycles. The molecule has 7 heteroatoms. The van der Waals surface area contributed by atoms with Gasteiger partial charge in [-0.05, 0) is 0 Å². The molecule has 0 atom stereocenters. The summed E-state index contributed by atoms with van der Waals surface area (Å²) >= 11 is -0.106. The van der Waals surface area contributed by atoms with E-state index in [-0.39, 0.29) is 53.7 Å². The van der Waals surface area contributed by atoms with Gasteiger partial charge in [0, 0.05) is 0 Å². The van der Waals surface area contributed by atoms with Crippen molar-refractivity contribution in [2.24, 2.45) is 0 Å². The molecule has 0 aliphatic rings. The third-order valence-corrected chi connectivity index (χ3v) is 0. The van der Waals surface area contributed by atoms with E-state index in [2.05, 4.69) is 0 Å². The zero-order valence-corrected chi connectivity index (χ0v) is 5.94. The molecule has 0 fully saturated rings. The fourth-order valence-corrected chi connectivity index (χ4v) is 0.